The molecule has 22 heavy (non-hydrogen) atoms. The highest BCUT2D eigenvalue weighted by molar-refractivity contribution is 5.14. The van der Waals surface area contributed by atoms with Crippen LogP contribution in [0.3, 0.4) is 0 Å². The molecule has 0 bridgehead atoms. The Bertz CT molecular complexity index is 417. The van der Waals surface area contributed by atoms with Crippen molar-refractivity contribution < 1.29 is 0 Å². The lowest BCUT2D eigenvalue weighted by Crippen LogP contribution is -2.48. The van der Waals surface area contributed by atoms with E-state index in [2.05, 4.69) is 47.1 Å². The third-order valence-corrected chi connectivity index (χ3v) is 5.72. The van der Waals surface area contributed by atoms with Crippen LogP contribution in [0.25, 0.3) is 0 Å². The van der Waals surface area contributed by atoms with E-state index in [1.54, 1.807) is 0 Å². The summed E-state index contributed by atoms with van der Waals surface area (Å²) in [6.07, 6.45) is 9.57. The van der Waals surface area contributed by atoms with E-state index in [4.69, 9.17) is 0 Å². The third kappa shape index (κ3) is 4.33. The Morgan fingerprint density at radius 3 is 2.32 bits per heavy atom. The molecule has 0 spiro atoms. The van der Waals surface area contributed by atoms with E-state index < -0.39 is 0 Å². The van der Waals surface area contributed by atoms with Gasteiger partial charge in [-0.3, -0.25) is 0 Å². The van der Waals surface area contributed by atoms with Crippen LogP contribution in [0.15, 0.2) is 30.3 Å². The SMILES string of the molecule is C[C@H](CCc1ccccc1)N1CCC(N2CCCCC2)CC1. The van der Waals surface area contributed by atoms with Gasteiger partial charge in [0.05, 0.1) is 0 Å². The van der Waals surface area contributed by atoms with Gasteiger partial charge in [-0.25, -0.2) is 0 Å². The molecule has 0 saturated carbocycles. The van der Waals surface area contributed by atoms with E-state index in [0.29, 0.717) is 0 Å². The average molecular weight is 300 g/mol. The molecule has 1 aromatic rings. The maximum atomic E-state index is 2.77. The van der Waals surface area contributed by atoms with Crippen LogP contribution in [-0.4, -0.2) is 48.1 Å². The van der Waals surface area contributed by atoms with Crippen molar-refractivity contribution in [2.24, 2.45) is 0 Å². The lowest BCUT2D eigenvalue weighted by Gasteiger charge is -2.42. The minimum absolute atomic E-state index is 0.725. The summed E-state index contributed by atoms with van der Waals surface area (Å²) in [5, 5.41) is 0. The van der Waals surface area contributed by atoms with Gasteiger partial charge in [0, 0.05) is 12.1 Å². The fourth-order valence-corrected chi connectivity index (χ4v) is 4.18. The zero-order valence-electron chi connectivity index (χ0n) is 14.2. The van der Waals surface area contributed by atoms with Crippen molar-refractivity contribution in [1.82, 2.24) is 9.80 Å². The van der Waals surface area contributed by atoms with Crippen LogP contribution in [0.5, 0.6) is 0 Å². The lowest BCUT2D eigenvalue weighted by atomic mass is 9.97. The summed E-state index contributed by atoms with van der Waals surface area (Å²) in [6.45, 7) is 7.74. The van der Waals surface area contributed by atoms with Crippen molar-refractivity contribution >= 4 is 0 Å². The van der Waals surface area contributed by atoms with E-state index in [1.807, 2.05) is 0 Å². The minimum Gasteiger partial charge on any atom is -0.301 e. The third-order valence-electron chi connectivity index (χ3n) is 5.72. The zero-order chi connectivity index (χ0) is 15.2. The Labute approximate surface area is 136 Å². The molecule has 2 heterocycles. The van der Waals surface area contributed by atoms with Crippen LogP contribution in [0.1, 0.15) is 51.0 Å². The summed E-state index contributed by atoms with van der Waals surface area (Å²) in [5.74, 6) is 0. The maximum absolute atomic E-state index is 2.77. The molecule has 0 aromatic heterocycles. The van der Waals surface area contributed by atoms with Gasteiger partial charge >= 0.3 is 0 Å². The molecule has 0 aliphatic carbocycles. The van der Waals surface area contributed by atoms with Crippen molar-refractivity contribution in [2.75, 3.05) is 26.2 Å². The highest BCUT2D eigenvalue weighted by Gasteiger charge is 2.27. The second-order valence-corrected chi connectivity index (χ2v) is 7.24. The summed E-state index contributed by atoms with van der Waals surface area (Å²) in [7, 11) is 0. The molecule has 0 unspecified atom stereocenters. The largest absolute Gasteiger partial charge is 0.301 e. The number of piperidine rings is 2. The van der Waals surface area contributed by atoms with E-state index in [9.17, 15) is 0 Å². The quantitative estimate of drug-likeness (QED) is 0.812. The van der Waals surface area contributed by atoms with Crippen molar-refractivity contribution in [1.29, 1.82) is 0 Å². The molecular weight excluding hydrogens is 268 g/mol. The fraction of sp³-hybridized carbons (Fsp3) is 0.700. The van der Waals surface area contributed by atoms with Gasteiger partial charge in [-0.2, -0.15) is 0 Å². The molecule has 2 fully saturated rings. The van der Waals surface area contributed by atoms with E-state index in [1.165, 1.54) is 76.7 Å². The molecule has 2 heteroatoms. The van der Waals surface area contributed by atoms with Gasteiger partial charge in [-0.05, 0) is 77.2 Å². The van der Waals surface area contributed by atoms with Crippen molar-refractivity contribution in [2.45, 2.75) is 64.0 Å². The lowest BCUT2D eigenvalue weighted by molar-refractivity contribution is 0.0741. The normalized spacial score (nSPS) is 23.5. The van der Waals surface area contributed by atoms with Crippen LogP contribution < -0.4 is 0 Å². The Hall–Kier alpha value is -0.860. The molecule has 0 N–H and O–H groups in total. The monoisotopic (exact) mass is 300 g/mol. The first-order valence-electron chi connectivity index (χ1n) is 9.35. The highest BCUT2D eigenvalue weighted by Crippen LogP contribution is 2.23. The van der Waals surface area contributed by atoms with Gasteiger partial charge in [0.25, 0.3) is 0 Å². The van der Waals surface area contributed by atoms with Crippen molar-refractivity contribution in [3.05, 3.63) is 35.9 Å². The first-order chi connectivity index (χ1) is 10.8. The number of hydrogen-bond donors (Lipinski definition) is 0. The minimum atomic E-state index is 0.725. The molecule has 2 nitrogen and oxygen atoms in total. The predicted octanol–water partition coefficient (Wildman–Crippen LogP) is 3.96. The molecule has 1 atom stereocenters. The molecule has 2 saturated heterocycles. The van der Waals surface area contributed by atoms with Gasteiger partial charge < -0.3 is 9.80 Å². The van der Waals surface area contributed by atoms with Crippen LogP contribution in [-0.2, 0) is 6.42 Å². The summed E-state index contributed by atoms with van der Waals surface area (Å²) >= 11 is 0. The molecular formula is C20H32N2. The van der Waals surface area contributed by atoms with Gasteiger partial charge in [0.1, 0.15) is 0 Å². The maximum Gasteiger partial charge on any atom is 0.0120 e. The second-order valence-electron chi connectivity index (χ2n) is 7.24. The van der Waals surface area contributed by atoms with Crippen molar-refractivity contribution in [3.8, 4) is 0 Å². The molecule has 3 rings (SSSR count). The standard InChI is InChI=1S/C20H32N2/c1-18(10-11-19-8-4-2-5-9-19)21-16-12-20(13-17-21)22-14-6-3-7-15-22/h2,4-5,8-9,18,20H,3,6-7,10-17H2,1H3/t18-/m1/s1. The fourth-order valence-electron chi connectivity index (χ4n) is 4.18. The molecule has 1 aromatic carbocycles. The average Bonchev–Trinajstić information content (AvgIpc) is 2.61. The summed E-state index contributed by atoms with van der Waals surface area (Å²) < 4.78 is 0. The van der Waals surface area contributed by atoms with Gasteiger partial charge in [-0.15, -0.1) is 0 Å². The molecule has 122 valence electrons. The van der Waals surface area contributed by atoms with Gasteiger partial charge in [-0.1, -0.05) is 36.8 Å². The van der Waals surface area contributed by atoms with Crippen LogP contribution in [0.2, 0.25) is 0 Å². The Balaban J connectivity index is 1.40. The molecule has 2 aliphatic heterocycles. The summed E-state index contributed by atoms with van der Waals surface area (Å²) in [4.78, 5) is 5.50. The van der Waals surface area contributed by atoms with E-state index in [-0.39, 0.29) is 0 Å². The summed E-state index contributed by atoms with van der Waals surface area (Å²) in [6, 6.07) is 12.5. The predicted molar refractivity (Wildman–Crippen MR) is 94.2 cm³/mol. The smallest absolute Gasteiger partial charge is 0.0120 e. The number of aryl methyl sites for hydroxylation is 1. The summed E-state index contributed by atoms with van der Waals surface area (Å²) in [5.41, 5.74) is 1.48. The first-order valence-corrected chi connectivity index (χ1v) is 9.35. The van der Waals surface area contributed by atoms with Crippen molar-refractivity contribution in [3.63, 3.8) is 0 Å². The number of rotatable bonds is 5. The van der Waals surface area contributed by atoms with E-state index in [0.717, 1.165) is 12.1 Å². The Morgan fingerprint density at radius 1 is 0.955 bits per heavy atom. The first kappa shape index (κ1) is 16.0. The zero-order valence-corrected chi connectivity index (χ0v) is 14.2. The topological polar surface area (TPSA) is 6.48 Å². The Kier molecular flexibility index (Phi) is 5.91. The van der Waals surface area contributed by atoms with Gasteiger partial charge in [0.2, 0.25) is 0 Å². The van der Waals surface area contributed by atoms with Gasteiger partial charge in [0.15, 0.2) is 0 Å². The van der Waals surface area contributed by atoms with E-state index >= 15 is 0 Å². The highest BCUT2D eigenvalue weighted by atomic mass is 15.2. The number of benzene rings is 1. The number of hydrogen-bond acceptors (Lipinski definition) is 2. The second kappa shape index (κ2) is 8.12. The number of likely N-dealkylation sites (tertiary alicyclic amines) is 2. The Morgan fingerprint density at radius 2 is 1.64 bits per heavy atom. The van der Waals surface area contributed by atoms with Crippen LogP contribution in [0, 0.1) is 0 Å². The van der Waals surface area contributed by atoms with Crippen LogP contribution >= 0.6 is 0 Å². The van der Waals surface area contributed by atoms with Crippen LogP contribution in [0.4, 0.5) is 0 Å². The molecule has 0 amide bonds. The molecule has 0 radical (unpaired) electrons. The number of nitrogens with zero attached hydrogens (tertiary/aromatic N) is 2. The molecule has 2 aliphatic rings.